The molecule has 0 unspecified atom stereocenters. The van der Waals surface area contributed by atoms with Crippen LogP contribution in [0.2, 0.25) is 0 Å². The number of methoxy groups -OCH3 is 2. The van der Waals surface area contributed by atoms with Crippen LogP contribution in [0.15, 0.2) is 36.4 Å². The summed E-state index contributed by atoms with van der Waals surface area (Å²) >= 11 is 0. The fourth-order valence-electron chi connectivity index (χ4n) is 2.48. The van der Waals surface area contributed by atoms with Crippen LogP contribution in [-0.4, -0.2) is 33.5 Å². The summed E-state index contributed by atoms with van der Waals surface area (Å²) < 4.78 is 21.0. The molecule has 1 aliphatic heterocycles. The third-order valence-electron chi connectivity index (χ3n) is 3.73. The SMILES string of the molecule is COc1ccc(OC)c(NC(=O)CNCc2ccc3c(c2)OCO3)c1. The van der Waals surface area contributed by atoms with E-state index in [9.17, 15) is 4.79 Å². The van der Waals surface area contributed by atoms with Crippen LogP contribution in [0.1, 0.15) is 5.56 Å². The van der Waals surface area contributed by atoms with Crippen LogP contribution < -0.4 is 29.6 Å². The third kappa shape index (κ3) is 4.13. The van der Waals surface area contributed by atoms with Crippen molar-refractivity contribution in [2.75, 3.05) is 32.9 Å². The number of amides is 1. The third-order valence-corrected chi connectivity index (χ3v) is 3.73. The number of ether oxygens (including phenoxy) is 4. The van der Waals surface area contributed by atoms with Gasteiger partial charge in [-0.2, -0.15) is 0 Å². The summed E-state index contributed by atoms with van der Waals surface area (Å²) in [6.45, 7) is 0.950. The number of benzene rings is 2. The molecular weight excluding hydrogens is 324 g/mol. The van der Waals surface area contributed by atoms with Gasteiger partial charge < -0.3 is 29.6 Å². The number of carbonyl (C=O) groups is 1. The van der Waals surface area contributed by atoms with Crippen molar-refractivity contribution in [3.8, 4) is 23.0 Å². The van der Waals surface area contributed by atoms with Gasteiger partial charge in [-0.1, -0.05) is 6.07 Å². The maximum atomic E-state index is 12.1. The minimum atomic E-state index is -0.174. The van der Waals surface area contributed by atoms with Crippen molar-refractivity contribution in [1.29, 1.82) is 0 Å². The molecule has 2 N–H and O–H groups in total. The quantitative estimate of drug-likeness (QED) is 0.801. The van der Waals surface area contributed by atoms with Crippen LogP contribution in [0, 0.1) is 0 Å². The van der Waals surface area contributed by atoms with Crippen molar-refractivity contribution in [3.63, 3.8) is 0 Å². The zero-order chi connectivity index (χ0) is 17.6. The van der Waals surface area contributed by atoms with Crippen molar-refractivity contribution >= 4 is 11.6 Å². The van der Waals surface area contributed by atoms with Crippen LogP contribution in [0.25, 0.3) is 0 Å². The summed E-state index contributed by atoms with van der Waals surface area (Å²) in [5.74, 6) is 2.51. The average molecular weight is 344 g/mol. The van der Waals surface area contributed by atoms with Gasteiger partial charge in [-0.3, -0.25) is 4.79 Å². The lowest BCUT2D eigenvalue weighted by molar-refractivity contribution is -0.115. The Morgan fingerprint density at radius 2 is 1.92 bits per heavy atom. The fraction of sp³-hybridized carbons (Fsp3) is 0.278. The van der Waals surface area contributed by atoms with Gasteiger partial charge in [-0.25, -0.2) is 0 Å². The van der Waals surface area contributed by atoms with E-state index in [-0.39, 0.29) is 19.2 Å². The predicted molar refractivity (Wildman–Crippen MR) is 92.4 cm³/mol. The highest BCUT2D eigenvalue weighted by atomic mass is 16.7. The van der Waals surface area contributed by atoms with Crippen LogP contribution in [0.4, 0.5) is 5.69 Å². The number of carbonyl (C=O) groups excluding carboxylic acids is 1. The van der Waals surface area contributed by atoms with Crippen molar-refractivity contribution < 1.29 is 23.7 Å². The number of anilines is 1. The molecule has 0 fully saturated rings. The van der Waals surface area contributed by atoms with Gasteiger partial charge >= 0.3 is 0 Å². The van der Waals surface area contributed by atoms with E-state index in [4.69, 9.17) is 18.9 Å². The Balaban J connectivity index is 1.53. The standard InChI is InChI=1S/C18H20N2O5/c1-22-13-4-6-15(23-2)14(8-13)20-18(21)10-19-9-12-3-5-16-17(7-12)25-11-24-16/h3-8,19H,9-11H2,1-2H3,(H,20,21). The molecule has 0 aliphatic carbocycles. The van der Waals surface area contributed by atoms with E-state index in [2.05, 4.69) is 10.6 Å². The smallest absolute Gasteiger partial charge is 0.238 e. The van der Waals surface area contributed by atoms with Gasteiger partial charge in [0.25, 0.3) is 0 Å². The second-order valence-corrected chi connectivity index (χ2v) is 5.41. The molecule has 1 heterocycles. The minimum absolute atomic E-state index is 0.162. The number of fused-ring (bicyclic) bond motifs is 1. The van der Waals surface area contributed by atoms with Gasteiger partial charge in [-0.05, 0) is 29.8 Å². The summed E-state index contributed by atoms with van der Waals surface area (Å²) in [5.41, 5.74) is 1.58. The van der Waals surface area contributed by atoms with Crippen molar-refractivity contribution in [2.45, 2.75) is 6.54 Å². The van der Waals surface area contributed by atoms with Crippen LogP contribution in [-0.2, 0) is 11.3 Å². The summed E-state index contributed by atoms with van der Waals surface area (Å²) in [5, 5.41) is 5.91. The van der Waals surface area contributed by atoms with Gasteiger partial charge in [0.2, 0.25) is 12.7 Å². The lowest BCUT2D eigenvalue weighted by Crippen LogP contribution is -2.27. The summed E-state index contributed by atoms with van der Waals surface area (Å²) in [6, 6.07) is 10.9. The van der Waals surface area contributed by atoms with Crippen molar-refractivity contribution in [3.05, 3.63) is 42.0 Å². The first kappa shape index (κ1) is 16.9. The van der Waals surface area contributed by atoms with Crippen LogP contribution in [0.3, 0.4) is 0 Å². The number of hydrogen-bond acceptors (Lipinski definition) is 6. The Morgan fingerprint density at radius 3 is 2.72 bits per heavy atom. The maximum absolute atomic E-state index is 12.1. The molecular formula is C18H20N2O5. The monoisotopic (exact) mass is 344 g/mol. The van der Waals surface area contributed by atoms with E-state index in [0.29, 0.717) is 23.7 Å². The molecule has 7 nitrogen and oxygen atoms in total. The highest BCUT2D eigenvalue weighted by molar-refractivity contribution is 5.94. The first-order valence-electron chi connectivity index (χ1n) is 7.80. The molecule has 7 heteroatoms. The first-order chi connectivity index (χ1) is 12.2. The normalized spacial score (nSPS) is 11.9. The molecule has 0 aromatic heterocycles. The lowest BCUT2D eigenvalue weighted by atomic mass is 10.2. The molecule has 0 atom stereocenters. The summed E-state index contributed by atoms with van der Waals surface area (Å²) in [7, 11) is 3.12. The highest BCUT2D eigenvalue weighted by Crippen LogP contribution is 2.32. The molecule has 2 aromatic carbocycles. The zero-order valence-corrected chi connectivity index (χ0v) is 14.1. The largest absolute Gasteiger partial charge is 0.497 e. The second-order valence-electron chi connectivity index (χ2n) is 5.41. The molecule has 3 rings (SSSR count). The molecule has 0 spiro atoms. The zero-order valence-electron chi connectivity index (χ0n) is 14.1. The van der Waals surface area contributed by atoms with E-state index in [0.717, 1.165) is 17.1 Å². The Morgan fingerprint density at radius 1 is 1.08 bits per heavy atom. The van der Waals surface area contributed by atoms with Crippen LogP contribution in [0.5, 0.6) is 23.0 Å². The molecule has 1 aliphatic rings. The number of rotatable bonds is 7. The van der Waals surface area contributed by atoms with Gasteiger partial charge in [0, 0.05) is 12.6 Å². The van der Waals surface area contributed by atoms with E-state index in [1.807, 2.05) is 18.2 Å². The molecule has 1 amide bonds. The molecule has 2 aromatic rings. The molecule has 0 saturated heterocycles. The van der Waals surface area contributed by atoms with E-state index in [1.165, 1.54) is 0 Å². The van der Waals surface area contributed by atoms with E-state index < -0.39 is 0 Å². The summed E-state index contributed by atoms with van der Waals surface area (Å²) in [6.07, 6.45) is 0. The van der Waals surface area contributed by atoms with E-state index in [1.54, 1.807) is 32.4 Å². The second kappa shape index (κ2) is 7.76. The van der Waals surface area contributed by atoms with Crippen LogP contribution >= 0.6 is 0 Å². The Labute approximate surface area is 145 Å². The molecule has 0 radical (unpaired) electrons. The highest BCUT2D eigenvalue weighted by Gasteiger charge is 2.13. The molecule has 132 valence electrons. The van der Waals surface area contributed by atoms with E-state index >= 15 is 0 Å². The van der Waals surface area contributed by atoms with Gasteiger partial charge in [-0.15, -0.1) is 0 Å². The molecule has 0 saturated carbocycles. The Kier molecular flexibility index (Phi) is 5.25. The number of nitrogens with one attached hydrogen (secondary N) is 2. The number of hydrogen-bond donors (Lipinski definition) is 2. The Hall–Kier alpha value is -2.93. The predicted octanol–water partition coefficient (Wildman–Crippen LogP) is 2.16. The van der Waals surface area contributed by atoms with Crippen molar-refractivity contribution in [2.24, 2.45) is 0 Å². The summed E-state index contributed by atoms with van der Waals surface area (Å²) in [4.78, 5) is 12.1. The molecule has 0 bridgehead atoms. The van der Waals surface area contributed by atoms with Crippen molar-refractivity contribution in [1.82, 2.24) is 5.32 Å². The van der Waals surface area contributed by atoms with Gasteiger partial charge in [0.05, 0.1) is 26.5 Å². The maximum Gasteiger partial charge on any atom is 0.238 e. The lowest BCUT2D eigenvalue weighted by Gasteiger charge is -2.12. The Bertz CT molecular complexity index is 763. The average Bonchev–Trinajstić information content (AvgIpc) is 3.09. The first-order valence-corrected chi connectivity index (χ1v) is 7.80. The van der Waals surface area contributed by atoms with Gasteiger partial charge in [0.1, 0.15) is 11.5 Å². The molecule has 25 heavy (non-hydrogen) atoms. The minimum Gasteiger partial charge on any atom is -0.497 e. The van der Waals surface area contributed by atoms with Gasteiger partial charge in [0.15, 0.2) is 11.5 Å². The topological polar surface area (TPSA) is 78.1 Å². The fourth-order valence-corrected chi connectivity index (χ4v) is 2.48.